The lowest BCUT2D eigenvalue weighted by atomic mass is 10.1. The quantitative estimate of drug-likeness (QED) is 0.270. The van der Waals surface area contributed by atoms with Crippen LogP contribution in [0, 0.1) is 0 Å². The van der Waals surface area contributed by atoms with E-state index in [-0.39, 0.29) is 29.7 Å². The van der Waals surface area contributed by atoms with Crippen molar-refractivity contribution in [3.8, 4) is 11.5 Å². The fourth-order valence-corrected chi connectivity index (χ4v) is 6.83. The molecule has 0 bridgehead atoms. The van der Waals surface area contributed by atoms with Crippen LogP contribution in [0.15, 0.2) is 71.6 Å². The number of amides is 2. The van der Waals surface area contributed by atoms with Gasteiger partial charge in [-0.15, -0.1) is 0 Å². The number of carbonyl (C=O) groups is 2. The van der Waals surface area contributed by atoms with Crippen LogP contribution >= 0.6 is 11.6 Å². The summed E-state index contributed by atoms with van der Waals surface area (Å²) < 4.78 is 37.9. The Balaban J connectivity index is 1.39. The third-order valence-electron chi connectivity index (χ3n) is 7.85. The van der Waals surface area contributed by atoms with Gasteiger partial charge < -0.3 is 19.7 Å². The van der Waals surface area contributed by atoms with Gasteiger partial charge >= 0.3 is 0 Å². The maximum absolute atomic E-state index is 13.6. The van der Waals surface area contributed by atoms with Crippen LogP contribution in [-0.4, -0.2) is 69.3 Å². The monoisotopic (exact) mass is 641 g/mol. The van der Waals surface area contributed by atoms with Gasteiger partial charge in [0.05, 0.1) is 19.1 Å². The Morgan fingerprint density at radius 1 is 0.886 bits per heavy atom. The number of ether oxygens (including phenoxy) is 2. The van der Waals surface area contributed by atoms with Crippen molar-refractivity contribution in [3.63, 3.8) is 0 Å². The lowest BCUT2D eigenvalue weighted by Crippen LogP contribution is -2.48. The molecule has 0 aliphatic carbocycles. The number of hydrogen-bond acceptors (Lipinski definition) is 6. The van der Waals surface area contributed by atoms with E-state index in [1.807, 2.05) is 30.3 Å². The summed E-state index contributed by atoms with van der Waals surface area (Å²) in [4.78, 5) is 28.6. The highest BCUT2D eigenvalue weighted by atomic mass is 35.5. The van der Waals surface area contributed by atoms with E-state index in [0.717, 1.165) is 29.5 Å². The second-order valence-corrected chi connectivity index (χ2v) is 13.2. The van der Waals surface area contributed by atoms with Gasteiger partial charge in [0.15, 0.2) is 11.5 Å². The minimum absolute atomic E-state index is 0.162. The molecular weight excluding hydrogens is 602 g/mol. The molecule has 1 aliphatic rings. The smallest absolute Gasteiger partial charge is 0.243 e. The van der Waals surface area contributed by atoms with Crippen LogP contribution in [0.4, 0.5) is 0 Å². The van der Waals surface area contributed by atoms with Crippen molar-refractivity contribution >= 4 is 33.4 Å². The van der Waals surface area contributed by atoms with Gasteiger partial charge in [0.25, 0.3) is 0 Å². The molecule has 1 atom stereocenters. The highest BCUT2D eigenvalue weighted by Gasteiger charge is 2.28. The Labute approximate surface area is 265 Å². The molecule has 0 radical (unpaired) electrons. The highest BCUT2D eigenvalue weighted by molar-refractivity contribution is 7.89. The lowest BCUT2D eigenvalue weighted by Gasteiger charge is -2.29. The molecular formula is C33H40ClN3O6S. The van der Waals surface area contributed by atoms with E-state index < -0.39 is 16.1 Å². The summed E-state index contributed by atoms with van der Waals surface area (Å²) in [5.41, 5.74) is 2.67. The third-order valence-corrected chi connectivity index (χ3v) is 10.0. The normalized spacial score (nSPS) is 14.2. The van der Waals surface area contributed by atoms with E-state index in [9.17, 15) is 18.0 Å². The SMILES string of the molecule is COc1ccc(CCNC(=O)C(C)N(Cc2ccc(Cl)cc2)C(=O)CCc2ccc(S(=O)(=O)N3CCCC3)cc2)cc1OC. The van der Waals surface area contributed by atoms with E-state index in [1.165, 1.54) is 4.31 Å². The first kappa shape index (κ1) is 33.3. The van der Waals surface area contributed by atoms with Gasteiger partial charge in [-0.3, -0.25) is 9.59 Å². The first-order chi connectivity index (χ1) is 21.1. The van der Waals surface area contributed by atoms with Crippen LogP contribution in [0.25, 0.3) is 0 Å². The topological polar surface area (TPSA) is 105 Å². The number of rotatable bonds is 14. The molecule has 0 saturated carbocycles. The van der Waals surface area contributed by atoms with Gasteiger partial charge in [0.2, 0.25) is 21.8 Å². The number of carbonyl (C=O) groups excluding carboxylic acids is 2. The zero-order valence-electron chi connectivity index (χ0n) is 25.4. The van der Waals surface area contributed by atoms with Crippen molar-refractivity contribution in [3.05, 3.63) is 88.4 Å². The molecule has 0 spiro atoms. The number of nitrogens with one attached hydrogen (secondary N) is 1. The second kappa shape index (κ2) is 15.4. The number of aryl methyl sites for hydroxylation is 1. The molecule has 11 heteroatoms. The zero-order valence-corrected chi connectivity index (χ0v) is 27.0. The van der Waals surface area contributed by atoms with Crippen molar-refractivity contribution in [2.75, 3.05) is 33.9 Å². The summed E-state index contributed by atoms with van der Waals surface area (Å²) in [6.45, 7) is 3.44. The summed E-state index contributed by atoms with van der Waals surface area (Å²) in [6.07, 6.45) is 2.90. The average Bonchev–Trinajstić information content (AvgIpc) is 3.59. The van der Waals surface area contributed by atoms with Crippen molar-refractivity contribution in [2.24, 2.45) is 0 Å². The van der Waals surface area contributed by atoms with E-state index in [1.54, 1.807) is 62.4 Å². The van der Waals surface area contributed by atoms with Crippen LogP contribution in [0.5, 0.6) is 11.5 Å². The molecule has 1 heterocycles. The highest BCUT2D eigenvalue weighted by Crippen LogP contribution is 2.27. The fraction of sp³-hybridized carbons (Fsp3) is 0.394. The summed E-state index contributed by atoms with van der Waals surface area (Å²) >= 11 is 6.06. The van der Waals surface area contributed by atoms with Crippen LogP contribution in [0.1, 0.15) is 42.9 Å². The summed E-state index contributed by atoms with van der Waals surface area (Å²) in [6, 6.07) is 18.8. The minimum Gasteiger partial charge on any atom is -0.493 e. The molecule has 1 unspecified atom stereocenters. The van der Waals surface area contributed by atoms with Crippen LogP contribution in [0.3, 0.4) is 0 Å². The summed E-state index contributed by atoms with van der Waals surface area (Å²) in [5.74, 6) is 0.807. The van der Waals surface area contributed by atoms with E-state index in [2.05, 4.69) is 5.32 Å². The summed E-state index contributed by atoms with van der Waals surface area (Å²) in [7, 11) is -0.345. The molecule has 0 aromatic heterocycles. The number of hydrogen-bond donors (Lipinski definition) is 1. The van der Waals surface area contributed by atoms with Crippen molar-refractivity contribution < 1.29 is 27.5 Å². The van der Waals surface area contributed by atoms with E-state index in [4.69, 9.17) is 21.1 Å². The van der Waals surface area contributed by atoms with Crippen molar-refractivity contribution in [2.45, 2.75) is 56.5 Å². The van der Waals surface area contributed by atoms with Crippen molar-refractivity contribution in [1.29, 1.82) is 0 Å². The van der Waals surface area contributed by atoms with Gasteiger partial charge in [-0.25, -0.2) is 8.42 Å². The molecule has 1 fully saturated rings. The summed E-state index contributed by atoms with van der Waals surface area (Å²) in [5, 5.41) is 3.54. The largest absolute Gasteiger partial charge is 0.493 e. The number of methoxy groups -OCH3 is 2. The van der Waals surface area contributed by atoms with Gasteiger partial charge in [0, 0.05) is 37.6 Å². The van der Waals surface area contributed by atoms with Gasteiger partial charge in [-0.05, 0) is 85.7 Å². The van der Waals surface area contributed by atoms with Crippen LogP contribution in [0.2, 0.25) is 5.02 Å². The molecule has 4 rings (SSSR count). The molecule has 9 nitrogen and oxygen atoms in total. The Bertz CT molecular complexity index is 1520. The molecule has 1 saturated heterocycles. The van der Waals surface area contributed by atoms with E-state index >= 15 is 0 Å². The molecule has 3 aromatic rings. The lowest BCUT2D eigenvalue weighted by molar-refractivity contribution is -0.140. The predicted molar refractivity (Wildman–Crippen MR) is 170 cm³/mol. The molecule has 236 valence electrons. The van der Waals surface area contributed by atoms with Gasteiger partial charge in [-0.1, -0.05) is 41.9 Å². The fourth-order valence-electron chi connectivity index (χ4n) is 5.18. The molecule has 1 aliphatic heterocycles. The number of benzene rings is 3. The maximum Gasteiger partial charge on any atom is 0.243 e. The molecule has 3 aromatic carbocycles. The Kier molecular flexibility index (Phi) is 11.7. The maximum atomic E-state index is 13.6. The Morgan fingerprint density at radius 3 is 2.14 bits per heavy atom. The number of sulfonamides is 1. The van der Waals surface area contributed by atoms with Gasteiger partial charge in [-0.2, -0.15) is 4.31 Å². The standard InChI is InChI=1S/C33H40ClN3O6S/c1-24(33(39)35-19-18-26-10-16-30(42-2)31(22-26)43-3)37(23-27-6-12-28(34)13-7-27)32(38)17-11-25-8-14-29(15-9-25)44(40,41)36-20-4-5-21-36/h6-10,12-16,22,24H,4-5,11,17-21,23H2,1-3H3,(H,35,39). The van der Waals surface area contributed by atoms with Gasteiger partial charge in [0.1, 0.15) is 6.04 Å². The molecule has 1 N–H and O–H groups in total. The van der Waals surface area contributed by atoms with Crippen LogP contribution < -0.4 is 14.8 Å². The first-order valence-corrected chi connectivity index (χ1v) is 16.6. The first-order valence-electron chi connectivity index (χ1n) is 14.7. The van der Waals surface area contributed by atoms with Crippen molar-refractivity contribution in [1.82, 2.24) is 14.5 Å². The minimum atomic E-state index is -3.50. The van der Waals surface area contributed by atoms with Crippen LogP contribution in [-0.2, 0) is 39.0 Å². The predicted octanol–water partition coefficient (Wildman–Crippen LogP) is 4.85. The second-order valence-electron chi connectivity index (χ2n) is 10.8. The number of nitrogens with zero attached hydrogens (tertiary/aromatic N) is 2. The average molecular weight is 642 g/mol. The number of halogens is 1. The zero-order chi connectivity index (χ0) is 31.7. The Hall–Kier alpha value is -3.60. The third kappa shape index (κ3) is 8.52. The molecule has 44 heavy (non-hydrogen) atoms. The molecule has 2 amide bonds. The Morgan fingerprint density at radius 2 is 1.50 bits per heavy atom. The van der Waals surface area contributed by atoms with E-state index in [0.29, 0.717) is 49.0 Å².